The summed E-state index contributed by atoms with van der Waals surface area (Å²) in [5.74, 6) is -0.198. The van der Waals surface area contributed by atoms with Crippen LogP contribution in [-0.4, -0.2) is 42.5 Å². The maximum atomic E-state index is 10.8. The van der Waals surface area contributed by atoms with E-state index in [1.807, 2.05) is 0 Å². The normalized spacial score (nSPS) is 27.9. The van der Waals surface area contributed by atoms with Crippen molar-refractivity contribution in [2.24, 2.45) is 5.73 Å². The summed E-state index contributed by atoms with van der Waals surface area (Å²) in [5, 5.41) is 3.53. The first kappa shape index (κ1) is 12.5. The van der Waals surface area contributed by atoms with E-state index < -0.39 is 0 Å². The third kappa shape index (κ3) is 3.80. The van der Waals surface area contributed by atoms with Gasteiger partial charge in [0, 0.05) is 38.1 Å². The molecule has 15 heavy (non-hydrogen) atoms. The van der Waals surface area contributed by atoms with Crippen LogP contribution in [0.2, 0.25) is 0 Å². The molecule has 0 aromatic carbocycles. The summed E-state index contributed by atoms with van der Waals surface area (Å²) in [5.41, 5.74) is 5.18. The molecule has 0 aliphatic carbocycles. The van der Waals surface area contributed by atoms with Gasteiger partial charge in [-0.25, -0.2) is 0 Å². The molecule has 0 spiro atoms. The van der Waals surface area contributed by atoms with Crippen molar-refractivity contribution in [1.29, 1.82) is 0 Å². The summed E-state index contributed by atoms with van der Waals surface area (Å²) in [6, 6.07) is 1.13. The van der Waals surface area contributed by atoms with E-state index in [4.69, 9.17) is 5.73 Å². The number of rotatable bonds is 5. The van der Waals surface area contributed by atoms with E-state index in [1.165, 1.54) is 0 Å². The zero-order valence-electron chi connectivity index (χ0n) is 9.83. The highest BCUT2D eigenvalue weighted by Gasteiger charge is 2.25. The third-order valence-corrected chi connectivity index (χ3v) is 3.22. The van der Waals surface area contributed by atoms with Crippen molar-refractivity contribution >= 4 is 5.91 Å². The van der Waals surface area contributed by atoms with E-state index >= 15 is 0 Å². The van der Waals surface area contributed by atoms with E-state index in [9.17, 15) is 4.79 Å². The molecule has 1 aliphatic heterocycles. The maximum Gasteiger partial charge on any atom is 0.218 e. The van der Waals surface area contributed by atoms with E-state index in [1.54, 1.807) is 0 Å². The zero-order chi connectivity index (χ0) is 11.3. The van der Waals surface area contributed by atoms with Crippen LogP contribution in [0.3, 0.4) is 0 Å². The monoisotopic (exact) mass is 213 g/mol. The lowest BCUT2D eigenvalue weighted by molar-refractivity contribution is -0.118. The number of hydrogen-bond donors (Lipinski definition) is 2. The quantitative estimate of drug-likeness (QED) is 0.691. The van der Waals surface area contributed by atoms with Gasteiger partial charge in [-0.15, -0.1) is 0 Å². The van der Waals surface area contributed by atoms with Gasteiger partial charge in [0.15, 0.2) is 0 Å². The smallest absolute Gasteiger partial charge is 0.218 e. The van der Waals surface area contributed by atoms with Crippen molar-refractivity contribution in [2.75, 3.05) is 19.6 Å². The fourth-order valence-corrected chi connectivity index (χ4v) is 2.13. The molecule has 4 nitrogen and oxygen atoms in total. The number of primary amides is 1. The number of carbonyl (C=O) groups is 1. The summed E-state index contributed by atoms with van der Waals surface area (Å²) in [7, 11) is 0. The number of nitrogens with one attached hydrogen (secondary N) is 1. The van der Waals surface area contributed by atoms with E-state index in [0.29, 0.717) is 18.5 Å². The molecule has 1 saturated heterocycles. The number of amides is 1. The van der Waals surface area contributed by atoms with Crippen molar-refractivity contribution in [2.45, 2.75) is 45.2 Å². The second-order valence-corrected chi connectivity index (χ2v) is 4.29. The van der Waals surface area contributed by atoms with Gasteiger partial charge in [-0.05, 0) is 12.8 Å². The third-order valence-electron chi connectivity index (χ3n) is 3.22. The average molecular weight is 213 g/mol. The van der Waals surface area contributed by atoms with Crippen molar-refractivity contribution < 1.29 is 4.79 Å². The lowest BCUT2D eigenvalue weighted by atomic mass is 10.0. The molecule has 4 heteroatoms. The van der Waals surface area contributed by atoms with Gasteiger partial charge in [0.25, 0.3) is 0 Å². The Morgan fingerprint density at radius 1 is 1.47 bits per heavy atom. The van der Waals surface area contributed by atoms with Gasteiger partial charge in [0.2, 0.25) is 5.91 Å². The first-order valence-corrected chi connectivity index (χ1v) is 5.93. The highest BCUT2D eigenvalue weighted by atomic mass is 16.1. The predicted molar refractivity (Wildman–Crippen MR) is 61.5 cm³/mol. The fraction of sp³-hybridized carbons (Fsp3) is 0.909. The number of nitrogens with zero attached hydrogens (tertiary/aromatic N) is 1. The van der Waals surface area contributed by atoms with Crippen molar-refractivity contribution in [3.8, 4) is 0 Å². The van der Waals surface area contributed by atoms with Crippen LogP contribution >= 0.6 is 0 Å². The molecule has 0 aromatic heterocycles. The summed E-state index contributed by atoms with van der Waals surface area (Å²) in [4.78, 5) is 13.2. The van der Waals surface area contributed by atoms with Gasteiger partial charge in [0.1, 0.15) is 0 Å². The van der Waals surface area contributed by atoms with Crippen LogP contribution in [-0.2, 0) is 4.79 Å². The Labute approximate surface area is 92.2 Å². The molecule has 3 N–H and O–H groups in total. The zero-order valence-corrected chi connectivity index (χ0v) is 9.83. The van der Waals surface area contributed by atoms with E-state index in [0.717, 1.165) is 32.5 Å². The highest BCUT2D eigenvalue weighted by Crippen LogP contribution is 2.12. The molecule has 1 amide bonds. The minimum atomic E-state index is -0.198. The Bertz CT molecular complexity index is 208. The molecular weight excluding hydrogens is 190 g/mol. The summed E-state index contributed by atoms with van der Waals surface area (Å²) < 4.78 is 0. The van der Waals surface area contributed by atoms with E-state index in [-0.39, 0.29) is 5.91 Å². The van der Waals surface area contributed by atoms with Crippen LogP contribution in [0.5, 0.6) is 0 Å². The molecule has 0 bridgehead atoms. The van der Waals surface area contributed by atoms with Crippen LogP contribution in [0.4, 0.5) is 0 Å². The number of carbonyl (C=O) groups excluding carboxylic acids is 1. The van der Waals surface area contributed by atoms with Crippen LogP contribution in [0.1, 0.15) is 33.1 Å². The second kappa shape index (κ2) is 6.08. The van der Waals surface area contributed by atoms with Gasteiger partial charge in [-0.2, -0.15) is 0 Å². The summed E-state index contributed by atoms with van der Waals surface area (Å²) >= 11 is 0. The van der Waals surface area contributed by atoms with Crippen LogP contribution in [0, 0.1) is 0 Å². The molecule has 0 radical (unpaired) electrons. The molecule has 0 aromatic rings. The first-order chi connectivity index (χ1) is 7.17. The average Bonchev–Trinajstić information content (AvgIpc) is 2.25. The maximum absolute atomic E-state index is 10.8. The minimum Gasteiger partial charge on any atom is -0.370 e. The molecule has 1 aliphatic rings. The Morgan fingerprint density at radius 3 is 2.73 bits per heavy atom. The highest BCUT2D eigenvalue weighted by molar-refractivity contribution is 5.73. The molecule has 2 unspecified atom stereocenters. The molecular formula is C11H23N3O. The van der Waals surface area contributed by atoms with Crippen molar-refractivity contribution in [1.82, 2.24) is 10.2 Å². The van der Waals surface area contributed by atoms with E-state index in [2.05, 4.69) is 24.1 Å². The van der Waals surface area contributed by atoms with Crippen LogP contribution in [0.15, 0.2) is 0 Å². The lowest BCUT2D eigenvalue weighted by Crippen LogP contribution is -2.56. The Morgan fingerprint density at radius 2 is 2.20 bits per heavy atom. The second-order valence-electron chi connectivity index (χ2n) is 4.29. The Kier molecular flexibility index (Phi) is 5.05. The Balaban J connectivity index is 2.43. The van der Waals surface area contributed by atoms with Gasteiger partial charge in [-0.3, -0.25) is 9.69 Å². The van der Waals surface area contributed by atoms with Gasteiger partial charge < -0.3 is 11.1 Å². The molecule has 1 rings (SSSR count). The van der Waals surface area contributed by atoms with Gasteiger partial charge in [-0.1, -0.05) is 13.8 Å². The minimum absolute atomic E-state index is 0.198. The number of hydrogen-bond acceptors (Lipinski definition) is 3. The number of nitrogens with two attached hydrogens (primary N) is 1. The lowest BCUT2D eigenvalue weighted by Gasteiger charge is -2.39. The van der Waals surface area contributed by atoms with Crippen LogP contribution in [0.25, 0.3) is 0 Å². The molecule has 88 valence electrons. The molecule has 1 heterocycles. The van der Waals surface area contributed by atoms with Crippen molar-refractivity contribution in [3.05, 3.63) is 0 Å². The fourth-order valence-electron chi connectivity index (χ4n) is 2.13. The Hall–Kier alpha value is -0.610. The SMILES string of the molecule is CCC1CN(CCC(N)=O)C(CC)CN1. The van der Waals surface area contributed by atoms with Gasteiger partial charge >= 0.3 is 0 Å². The topological polar surface area (TPSA) is 58.4 Å². The first-order valence-electron chi connectivity index (χ1n) is 5.93. The largest absolute Gasteiger partial charge is 0.370 e. The van der Waals surface area contributed by atoms with Gasteiger partial charge in [0.05, 0.1) is 0 Å². The molecule has 2 atom stereocenters. The molecule has 1 fully saturated rings. The summed E-state index contributed by atoms with van der Waals surface area (Å²) in [6.07, 6.45) is 2.75. The molecule has 0 saturated carbocycles. The van der Waals surface area contributed by atoms with Crippen molar-refractivity contribution in [3.63, 3.8) is 0 Å². The predicted octanol–water partition coefficient (Wildman–Crippen LogP) is 0.324. The summed E-state index contributed by atoms with van der Waals surface area (Å²) in [6.45, 7) is 7.27. The number of piperazine rings is 1. The standard InChI is InChI=1S/C11H23N3O/c1-3-9-8-14(6-5-11(12)15)10(4-2)7-13-9/h9-10,13H,3-8H2,1-2H3,(H2,12,15). The van der Waals surface area contributed by atoms with Crippen LogP contribution < -0.4 is 11.1 Å².